The molecule has 3 rings (SSSR count). The molecule has 2 fully saturated rings. The van der Waals surface area contributed by atoms with Crippen LogP contribution in [0.5, 0.6) is 0 Å². The Hall–Kier alpha value is -2.44. The molecular formula is C16H18N2O5. The van der Waals surface area contributed by atoms with Gasteiger partial charge in [-0.15, -0.1) is 0 Å². The van der Waals surface area contributed by atoms with Gasteiger partial charge in [-0.1, -0.05) is 12.1 Å². The maximum Gasteiger partial charge on any atom is 0.308 e. The number of aliphatic carboxylic acids is 1. The molecule has 0 aromatic heterocycles. The lowest BCUT2D eigenvalue weighted by Gasteiger charge is -2.16. The fourth-order valence-electron chi connectivity index (χ4n) is 3.36. The van der Waals surface area contributed by atoms with Gasteiger partial charge in [-0.2, -0.15) is 0 Å². The molecular weight excluding hydrogens is 300 g/mol. The van der Waals surface area contributed by atoms with Gasteiger partial charge in [-0.25, -0.2) is 0 Å². The number of carbonyl (C=O) groups excluding carboxylic acids is 1. The number of non-ortho nitro benzene ring substituents is 1. The van der Waals surface area contributed by atoms with E-state index >= 15 is 0 Å². The highest BCUT2D eigenvalue weighted by molar-refractivity contribution is 5.81. The van der Waals surface area contributed by atoms with Gasteiger partial charge in [-0.05, 0) is 30.2 Å². The van der Waals surface area contributed by atoms with E-state index in [-0.39, 0.29) is 30.5 Å². The monoisotopic (exact) mass is 318 g/mol. The number of nitro benzene ring substituents is 1. The first kappa shape index (κ1) is 15.5. The van der Waals surface area contributed by atoms with Crippen molar-refractivity contribution in [3.63, 3.8) is 0 Å². The number of likely N-dealkylation sites (tertiary alicyclic amines) is 1. The molecule has 1 N–H and O–H groups in total. The minimum atomic E-state index is -0.840. The molecule has 2 aliphatic rings. The highest BCUT2D eigenvalue weighted by Crippen LogP contribution is 2.44. The lowest BCUT2D eigenvalue weighted by Crippen LogP contribution is -2.31. The predicted octanol–water partition coefficient (Wildman–Crippen LogP) is 1.71. The van der Waals surface area contributed by atoms with E-state index in [1.165, 1.54) is 12.1 Å². The summed E-state index contributed by atoms with van der Waals surface area (Å²) in [7, 11) is 0. The zero-order valence-electron chi connectivity index (χ0n) is 12.6. The maximum absolute atomic E-state index is 12.4. The van der Waals surface area contributed by atoms with E-state index in [0.29, 0.717) is 18.0 Å². The third kappa shape index (κ3) is 3.33. The van der Waals surface area contributed by atoms with E-state index in [0.717, 1.165) is 12.8 Å². The molecule has 1 aliphatic carbocycles. The standard InChI is InChI=1S/C16H18N2O5/c19-15(7-10-2-1-3-12(6-10)18(22)23)17-8-13(11-4-5-11)14(9-17)16(20)21/h1-3,6,11,13-14H,4-5,7-9H2,(H,20,21)/t13-,14+/m1/s1. The second-order valence-electron chi connectivity index (χ2n) is 6.35. The van der Waals surface area contributed by atoms with Gasteiger partial charge in [-0.3, -0.25) is 19.7 Å². The Morgan fingerprint density at radius 2 is 2.04 bits per heavy atom. The summed E-state index contributed by atoms with van der Waals surface area (Å²) in [5, 5.41) is 20.1. The fourth-order valence-corrected chi connectivity index (χ4v) is 3.36. The lowest BCUT2D eigenvalue weighted by molar-refractivity contribution is -0.384. The number of benzene rings is 1. The quantitative estimate of drug-likeness (QED) is 0.658. The summed E-state index contributed by atoms with van der Waals surface area (Å²) in [5.41, 5.74) is 0.530. The van der Waals surface area contributed by atoms with Gasteiger partial charge in [0.05, 0.1) is 17.3 Å². The van der Waals surface area contributed by atoms with E-state index in [2.05, 4.69) is 0 Å². The van der Waals surface area contributed by atoms with Crippen molar-refractivity contribution in [1.82, 2.24) is 4.90 Å². The summed E-state index contributed by atoms with van der Waals surface area (Å²) in [6, 6.07) is 6.00. The number of nitro groups is 1. The van der Waals surface area contributed by atoms with Crippen molar-refractivity contribution in [3.05, 3.63) is 39.9 Å². The number of hydrogen-bond acceptors (Lipinski definition) is 4. The van der Waals surface area contributed by atoms with Crippen LogP contribution in [-0.2, 0) is 16.0 Å². The van der Waals surface area contributed by atoms with Gasteiger partial charge in [0.25, 0.3) is 5.69 Å². The molecule has 0 spiro atoms. The molecule has 1 amide bonds. The Morgan fingerprint density at radius 3 is 2.65 bits per heavy atom. The number of rotatable bonds is 5. The lowest BCUT2D eigenvalue weighted by atomic mass is 9.92. The molecule has 1 aromatic rings. The van der Waals surface area contributed by atoms with Gasteiger partial charge in [0.15, 0.2) is 0 Å². The zero-order valence-corrected chi connectivity index (χ0v) is 12.6. The van der Waals surface area contributed by atoms with Crippen molar-refractivity contribution >= 4 is 17.6 Å². The van der Waals surface area contributed by atoms with Crippen molar-refractivity contribution in [2.75, 3.05) is 13.1 Å². The van der Waals surface area contributed by atoms with Crippen LogP contribution in [0.25, 0.3) is 0 Å². The van der Waals surface area contributed by atoms with E-state index in [1.807, 2.05) is 0 Å². The number of nitrogens with zero attached hydrogens (tertiary/aromatic N) is 2. The number of hydrogen-bond donors (Lipinski definition) is 1. The van der Waals surface area contributed by atoms with Crippen LogP contribution in [-0.4, -0.2) is 39.9 Å². The normalized spacial score (nSPS) is 23.7. The number of amides is 1. The Morgan fingerprint density at radius 1 is 1.30 bits per heavy atom. The summed E-state index contributed by atoms with van der Waals surface area (Å²) >= 11 is 0. The van der Waals surface area contributed by atoms with Crippen LogP contribution in [0, 0.1) is 27.9 Å². The molecule has 1 saturated carbocycles. The second kappa shape index (κ2) is 5.98. The molecule has 2 atom stereocenters. The van der Waals surface area contributed by atoms with E-state index < -0.39 is 16.8 Å². The highest BCUT2D eigenvalue weighted by Gasteiger charge is 2.46. The molecule has 7 heteroatoms. The second-order valence-corrected chi connectivity index (χ2v) is 6.35. The van der Waals surface area contributed by atoms with E-state index in [9.17, 15) is 24.8 Å². The zero-order chi connectivity index (χ0) is 16.6. The summed E-state index contributed by atoms with van der Waals surface area (Å²) in [4.78, 5) is 35.7. The van der Waals surface area contributed by atoms with Crippen LogP contribution in [0.4, 0.5) is 5.69 Å². The molecule has 0 radical (unpaired) electrons. The summed E-state index contributed by atoms with van der Waals surface area (Å²) < 4.78 is 0. The third-order valence-electron chi connectivity index (χ3n) is 4.74. The van der Waals surface area contributed by atoms with Gasteiger partial charge in [0, 0.05) is 25.2 Å². The highest BCUT2D eigenvalue weighted by atomic mass is 16.6. The van der Waals surface area contributed by atoms with Crippen LogP contribution in [0.15, 0.2) is 24.3 Å². The molecule has 122 valence electrons. The molecule has 0 unspecified atom stereocenters. The molecule has 1 aromatic carbocycles. The first-order valence-electron chi connectivity index (χ1n) is 7.69. The average Bonchev–Trinajstić information content (AvgIpc) is 3.25. The Balaban J connectivity index is 1.68. The number of carboxylic acid groups (broad SMARTS) is 1. The van der Waals surface area contributed by atoms with Crippen molar-refractivity contribution in [2.24, 2.45) is 17.8 Å². The SMILES string of the molecule is O=C(O)[C@H]1CN(C(=O)Cc2cccc([N+](=O)[O-])c2)C[C@@H]1C1CC1. The van der Waals surface area contributed by atoms with E-state index in [4.69, 9.17) is 0 Å². The summed E-state index contributed by atoms with van der Waals surface area (Å²) in [5.74, 6) is -1.03. The minimum absolute atomic E-state index is 0.0431. The number of carbonyl (C=O) groups is 2. The summed E-state index contributed by atoms with van der Waals surface area (Å²) in [6.45, 7) is 0.722. The van der Waals surface area contributed by atoms with Gasteiger partial charge >= 0.3 is 5.97 Å². The molecule has 7 nitrogen and oxygen atoms in total. The average molecular weight is 318 g/mol. The largest absolute Gasteiger partial charge is 0.481 e. The van der Waals surface area contributed by atoms with Crippen molar-refractivity contribution in [1.29, 1.82) is 0 Å². The smallest absolute Gasteiger partial charge is 0.308 e. The topological polar surface area (TPSA) is 101 Å². The van der Waals surface area contributed by atoms with Crippen molar-refractivity contribution < 1.29 is 19.6 Å². The Labute approximate surface area is 133 Å². The molecule has 1 heterocycles. The minimum Gasteiger partial charge on any atom is -0.481 e. The Kier molecular flexibility index (Phi) is 4.02. The van der Waals surface area contributed by atoms with Crippen LogP contribution in [0.2, 0.25) is 0 Å². The van der Waals surface area contributed by atoms with Crippen LogP contribution in [0.3, 0.4) is 0 Å². The van der Waals surface area contributed by atoms with Gasteiger partial charge in [0.1, 0.15) is 0 Å². The van der Waals surface area contributed by atoms with Crippen LogP contribution < -0.4 is 0 Å². The van der Waals surface area contributed by atoms with E-state index in [1.54, 1.807) is 17.0 Å². The van der Waals surface area contributed by atoms with Crippen LogP contribution in [0.1, 0.15) is 18.4 Å². The van der Waals surface area contributed by atoms with Gasteiger partial charge < -0.3 is 10.0 Å². The first-order chi connectivity index (χ1) is 11.0. The molecule has 23 heavy (non-hydrogen) atoms. The molecule has 1 saturated heterocycles. The number of carboxylic acids is 1. The first-order valence-corrected chi connectivity index (χ1v) is 7.69. The predicted molar refractivity (Wildman–Crippen MR) is 80.7 cm³/mol. The molecule has 1 aliphatic heterocycles. The fraction of sp³-hybridized carbons (Fsp3) is 0.500. The molecule has 0 bridgehead atoms. The van der Waals surface area contributed by atoms with Crippen LogP contribution >= 0.6 is 0 Å². The van der Waals surface area contributed by atoms with Crippen molar-refractivity contribution in [3.8, 4) is 0 Å². The third-order valence-corrected chi connectivity index (χ3v) is 4.74. The van der Waals surface area contributed by atoms with Crippen molar-refractivity contribution in [2.45, 2.75) is 19.3 Å². The maximum atomic E-state index is 12.4. The summed E-state index contributed by atoms with van der Waals surface area (Å²) in [6.07, 6.45) is 2.15. The Bertz CT molecular complexity index is 656. The van der Waals surface area contributed by atoms with Gasteiger partial charge in [0.2, 0.25) is 5.91 Å².